The Hall–Kier alpha value is -2.04. The van der Waals surface area contributed by atoms with Crippen LogP contribution in [0.1, 0.15) is 60.0 Å². The van der Waals surface area contributed by atoms with Crippen LogP contribution in [0.2, 0.25) is 0 Å². The van der Waals surface area contributed by atoms with Crippen molar-refractivity contribution in [2.75, 3.05) is 24.8 Å². The predicted octanol–water partition coefficient (Wildman–Crippen LogP) is 6.67. The fourth-order valence-corrected chi connectivity index (χ4v) is 8.11. The van der Waals surface area contributed by atoms with Gasteiger partial charge in [-0.05, 0) is 72.3 Å². The average Bonchev–Trinajstić information content (AvgIpc) is 2.81. The molecule has 190 valence electrons. The molecule has 0 saturated heterocycles. The highest BCUT2D eigenvalue weighted by molar-refractivity contribution is 7.98. The van der Waals surface area contributed by atoms with Crippen LogP contribution >= 0.6 is 18.9 Å². The SMILES string of the molecule is CSCC[C@H](NC(=O)c1ccc(CP(C)(=O)CC2CCCCC2)cc1-c1ccccc1C)C(=O)O. The number of aliphatic carboxylic acids is 1. The maximum atomic E-state index is 13.6. The third-order valence-electron chi connectivity index (χ3n) is 6.86. The lowest BCUT2D eigenvalue weighted by molar-refractivity contribution is -0.139. The van der Waals surface area contributed by atoms with Gasteiger partial charge in [-0.25, -0.2) is 4.79 Å². The molecule has 0 bridgehead atoms. The van der Waals surface area contributed by atoms with E-state index in [1.54, 1.807) is 17.8 Å². The van der Waals surface area contributed by atoms with Crippen LogP contribution in [0.15, 0.2) is 42.5 Å². The van der Waals surface area contributed by atoms with E-state index in [1.165, 1.54) is 32.1 Å². The Bertz CT molecular complexity index is 1080. The second kappa shape index (κ2) is 12.8. The number of hydrogen-bond donors (Lipinski definition) is 2. The highest BCUT2D eigenvalue weighted by atomic mass is 32.2. The summed E-state index contributed by atoms with van der Waals surface area (Å²) in [5.74, 6) is -0.232. The van der Waals surface area contributed by atoms with Gasteiger partial charge in [0.25, 0.3) is 5.91 Å². The van der Waals surface area contributed by atoms with Gasteiger partial charge in [0.1, 0.15) is 6.04 Å². The van der Waals surface area contributed by atoms with Gasteiger partial charge in [0, 0.05) is 17.9 Å². The van der Waals surface area contributed by atoms with E-state index in [-0.39, 0.29) is 0 Å². The molecule has 7 heteroatoms. The van der Waals surface area contributed by atoms with E-state index in [2.05, 4.69) is 5.32 Å². The summed E-state index contributed by atoms with van der Waals surface area (Å²) in [4.78, 5) is 25.0. The number of thioether (sulfide) groups is 1. The molecule has 1 fully saturated rings. The molecule has 5 nitrogen and oxygen atoms in total. The summed E-state index contributed by atoms with van der Waals surface area (Å²) in [7, 11) is -2.37. The van der Waals surface area contributed by atoms with E-state index >= 15 is 0 Å². The largest absolute Gasteiger partial charge is 0.480 e. The quantitative estimate of drug-likeness (QED) is 0.327. The van der Waals surface area contributed by atoms with Crippen molar-refractivity contribution in [1.82, 2.24) is 5.32 Å². The first-order valence-electron chi connectivity index (χ1n) is 12.5. The standard InChI is InChI=1S/C28H38NO4PS/c1-20-9-7-8-12-23(20)25-17-22(19-34(2,33)18-21-10-5-4-6-11-21)13-14-24(25)27(30)29-26(28(31)32)15-16-35-3/h7-9,12-14,17,21,26H,4-6,10-11,15-16,18-19H2,1-3H3,(H,29,30)(H,31,32)/t26-,34?/m0/s1. The van der Waals surface area contributed by atoms with Gasteiger partial charge in [-0.2, -0.15) is 11.8 Å². The maximum Gasteiger partial charge on any atom is 0.326 e. The van der Waals surface area contributed by atoms with Crippen LogP contribution in [0.3, 0.4) is 0 Å². The summed E-state index contributed by atoms with van der Waals surface area (Å²) in [6.45, 7) is 3.91. The van der Waals surface area contributed by atoms with Crippen molar-refractivity contribution in [3.63, 3.8) is 0 Å². The smallest absolute Gasteiger partial charge is 0.326 e. The predicted molar refractivity (Wildman–Crippen MR) is 147 cm³/mol. The molecule has 0 spiro atoms. The second-order valence-corrected chi connectivity index (χ2v) is 14.2. The molecule has 35 heavy (non-hydrogen) atoms. The van der Waals surface area contributed by atoms with Gasteiger partial charge >= 0.3 is 5.97 Å². The molecule has 1 saturated carbocycles. The minimum Gasteiger partial charge on any atom is -0.480 e. The van der Waals surface area contributed by atoms with Crippen LogP contribution in [0, 0.1) is 12.8 Å². The van der Waals surface area contributed by atoms with Gasteiger partial charge in [-0.3, -0.25) is 4.79 Å². The Labute approximate surface area is 213 Å². The zero-order valence-corrected chi connectivity index (χ0v) is 22.8. The van der Waals surface area contributed by atoms with Gasteiger partial charge in [0.15, 0.2) is 0 Å². The number of aryl methyl sites for hydroxylation is 1. The zero-order chi connectivity index (χ0) is 25.4. The van der Waals surface area contributed by atoms with E-state index in [9.17, 15) is 19.3 Å². The van der Waals surface area contributed by atoms with Crippen molar-refractivity contribution in [2.24, 2.45) is 5.92 Å². The number of carboxylic acid groups (broad SMARTS) is 1. The Morgan fingerprint density at radius 2 is 1.83 bits per heavy atom. The van der Waals surface area contributed by atoms with Crippen LogP contribution < -0.4 is 5.32 Å². The fourth-order valence-electron chi connectivity index (χ4n) is 5.08. The van der Waals surface area contributed by atoms with E-state index in [0.717, 1.165) is 28.4 Å². The van der Waals surface area contributed by atoms with Crippen LogP contribution in [0.5, 0.6) is 0 Å². The molecular formula is C28H38NO4PS. The lowest BCUT2D eigenvalue weighted by Gasteiger charge is -2.25. The topological polar surface area (TPSA) is 83.5 Å². The number of benzene rings is 2. The van der Waals surface area contributed by atoms with Gasteiger partial charge in [-0.1, -0.05) is 62.4 Å². The molecule has 2 atom stereocenters. The maximum absolute atomic E-state index is 13.6. The van der Waals surface area contributed by atoms with Crippen molar-refractivity contribution in [3.8, 4) is 11.1 Å². The minimum absolute atomic E-state index is 0.361. The molecule has 1 aliphatic carbocycles. The first kappa shape index (κ1) is 27.5. The normalized spacial score (nSPS) is 16.9. The molecule has 0 radical (unpaired) electrons. The van der Waals surface area contributed by atoms with E-state index in [1.807, 2.05) is 56.2 Å². The van der Waals surface area contributed by atoms with Crippen LogP contribution in [0.25, 0.3) is 11.1 Å². The van der Waals surface area contributed by atoms with Crippen molar-refractivity contribution < 1.29 is 19.3 Å². The summed E-state index contributed by atoms with van der Waals surface area (Å²) in [6, 6.07) is 12.5. The van der Waals surface area contributed by atoms with Gasteiger partial charge < -0.3 is 15.0 Å². The molecule has 3 rings (SSSR count). The lowest BCUT2D eigenvalue weighted by Crippen LogP contribution is -2.41. The van der Waals surface area contributed by atoms with Crippen LogP contribution in [-0.4, -0.2) is 47.9 Å². The highest BCUT2D eigenvalue weighted by Crippen LogP contribution is 2.49. The van der Waals surface area contributed by atoms with Crippen LogP contribution in [0.4, 0.5) is 0 Å². The molecule has 0 heterocycles. The summed E-state index contributed by atoms with van der Waals surface area (Å²) in [5, 5.41) is 12.3. The number of carbonyl (C=O) groups excluding carboxylic acids is 1. The summed E-state index contributed by atoms with van der Waals surface area (Å²) in [5.41, 5.74) is 4.10. The van der Waals surface area contributed by atoms with Crippen LogP contribution in [-0.2, 0) is 15.5 Å². The Morgan fingerprint density at radius 1 is 1.11 bits per heavy atom. The minimum atomic E-state index is -2.37. The van der Waals surface area contributed by atoms with Crippen molar-refractivity contribution in [2.45, 2.75) is 57.7 Å². The number of carboxylic acids is 1. The summed E-state index contributed by atoms with van der Waals surface area (Å²) >= 11 is 1.55. The second-order valence-electron chi connectivity index (χ2n) is 9.98. The highest BCUT2D eigenvalue weighted by Gasteiger charge is 2.26. The monoisotopic (exact) mass is 515 g/mol. The molecule has 1 aliphatic rings. The molecule has 2 aromatic carbocycles. The molecular weight excluding hydrogens is 477 g/mol. The van der Waals surface area contributed by atoms with E-state index in [4.69, 9.17) is 0 Å². The average molecular weight is 516 g/mol. The molecule has 0 aliphatic heterocycles. The van der Waals surface area contributed by atoms with Gasteiger partial charge in [0.05, 0.1) is 7.14 Å². The summed E-state index contributed by atoms with van der Waals surface area (Å²) < 4.78 is 13.6. The number of nitrogens with one attached hydrogen (secondary N) is 1. The molecule has 0 aromatic heterocycles. The summed E-state index contributed by atoms with van der Waals surface area (Å²) in [6.07, 6.45) is 9.67. The number of amides is 1. The first-order valence-corrected chi connectivity index (χ1v) is 16.4. The lowest BCUT2D eigenvalue weighted by atomic mass is 9.91. The van der Waals surface area contributed by atoms with Gasteiger partial charge in [-0.15, -0.1) is 0 Å². The Kier molecular flexibility index (Phi) is 10.1. The third kappa shape index (κ3) is 7.98. The molecule has 2 aromatic rings. The van der Waals surface area contributed by atoms with E-state index in [0.29, 0.717) is 29.8 Å². The zero-order valence-electron chi connectivity index (χ0n) is 21.1. The Morgan fingerprint density at radius 3 is 2.49 bits per heavy atom. The van der Waals surface area contributed by atoms with Gasteiger partial charge in [0.2, 0.25) is 0 Å². The number of hydrogen-bond acceptors (Lipinski definition) is 4. The molecule has 2 N–H and O–H groups in total. The molecule has 1 amide bonds. The van der Waals surface area contributed by atoms with Crippen molar-refractivity contribution in [1.29, 1.82) is 0 Å². The van der Waals surface area contributed by atoms with E-state index < -0.39 is 25.1 Å². The third-order valence-corrected chi connectivity index (χ3v) is 9.83. The Balaban J connectivity index is 1.90. The van der Waals surface area contributed by atoms with Crippen molar-refractivity contribution >= 4 is 30.8 Å². The van der Waals surface area contributed by atoms with Crippen molar-refractivity contribution in [3.05, 3.63) is 59.2 Å². The molecule has 1 unspecified atom stereocenters. The first-order chi connectivity index (χ1) is 16.7. The number of rotatable bonds is 11. The fraction of sp³-hybridized carbons (Fsp3) is 0.500. The number of carbonyl (C=O) groups is 2.